The zero-order valence-corrected chi connectivity index (χ0v) is 21.2. The zero-order valence-electron chi connectivity index (χ0n) is 20.5. The van der Waals surface area contributed by atoms with E-state index < -0.39 is 6.04 Å². The van der Waals surface area contributed by atoms with Crippen LogP contribution >= 0.6 is 11.6 Å². The van der Waals surface area contributed by atoms with Crippen LogP contribution in [0.2, 0.25) is 5.02 Å². The SMILES string of the molecule is C[C@H](C(=O)NC(C)(C)C)N(Cc1ccc(Cl)cc1)C(=O)CCc1ccc(C(C)(C)C)cc1. The van der Waals surface area contributed by atoms with E-state index in [1.807, 2.05) is 32.9 Å². The molecule has 2 aromatic rings. The molecule has 0 unspecified atom stereocenters. The summed E-state index contributed by atoms with van der Waals surface area (Å²) in [5.41, 5.74) is 3.05. The number of carbonyl (C=O) groups is 2. The van der Waals surface area contributed by atoms with E-state index in [1.165, 1.54) is 5.56 Å². The van der Waals surface area contributed by atoms with Gasteiger partial charge in [0, 0.05) is 23.5 Å². The van der Waals surface area contributed by atoms with Crippen LogP contribution in [0.4, 0.5) is 0 Å². The van der Waals surface area contributed by atoms with Gasteiger partial charge in [0.15, 0.2) is 0 Å². The Kier molecular flexibility index (Phi) is 8.53. The molecule has 0 radical (unpaired) electrons. The molecule has 32 heavy (non-hydrogen) atoms. The summed E-state index contributed by atoms with van der Waals surface area (Å²) < 4.78 is 0. The molecule has 0 bridgehead atoms. The third kappa shape index (κ3) is 7.98. The van der Waals surface area contributed by atoms with E-state index in [-0.39, 0.29) is 22.8 Å². The lowest BCUT2D eigenvalue weighted by atomic mass is 9.86. The standard InChI is InChI=1S/C27H37ClN2O2/c1-19(25(32)29-27(5,6)7)30(18-21-10-15-23(28)16-11-21)24(31)17-12-20-8-13-22(14-9-20)26(2,3)4/h8-11,13-16,19H,12,17-18H2,1-7H3,(H,29,32)/t19-/m1/s1. The van der Waals surface area contributed by atoms with Gasteiger partial charge in [-0.2, -0.15) is 0 Å². The lowest BCUT2D eigenvalue weighted by Crippen LogP contribution is -2.52. The summed E-state index contributed by atoms with van der Waals surface area (Å²) in [5, 5.41) is 3.63. The van der Waals surface area contributed by atoms with Crippen molar-refractivity contribution in [3.63, 3.8) is 0 Å². The molecule has 5 heteroatoms. The molecule has 0 aliphatic rings. The molecule has 0 spiro atoms. The molecule has 2 rings (SSSR count). The van der Waals surface area contributed by atoms with Crippen LogP contribution in [0.1, 0.15) is 71.6 Å². The number of halogens is 1. The largest absolute Gasteiger partial charge is 0.350 e. The number of benzene rings is 2. The molecule has 0 aliphatic carbocycles. The molecule has 0 saturated carbocycles. The number of nitrogens with zero attached hydrogens (tertiary/aromatic N) is 1. The van der Waals surface area contributed by atoms with Crippen molar-refractivity contribution in [2.24, 2.45) is 0 Å². The van der Waals surface area contributed by atoms with E-state index in [9.17, 15) is 9.59 Å². The quantitative estimate of drug-likeness (QED) is 0.563. The Morgan fingerprint density at radius 2 is 1.44 bits per heavy atom. The second-order valence-electron chi connectivity index (χ2n) is 10.5. The molecule has 2 amide bonds. The number of carbonyl (C=O) groups excluding carboxylic acids is 2. The van der Waals surface area contributed by atoms with E-state index in [2.05, 4.69) is 50.4 Å². The van der Waals surface area contributed by atoms with E-state index in [0.717, 1.165) is 11.1 Å². The summed E-state index contributed by atoms with van der Waals surface area (Å²) >= 11 is 6.01. The van der Waals surface area contributed by atoms with Crippen LogP contribution in [-0.4, -0.2) is 28.3 Å². The highest BCUT2D eigenvalue weighted by Crippen LogP contribution is 2.23. The molecule has 0 aliphatic heterocycles. The Morgan fingerprint density at radius 1 is 0.906 bits per heavy atom. The van der Waals surface area contributed by atoms with Crippen molar-refractivity contribution in [2.75, 3.05) is 0 Å². The predicted molar refractivity (Wildman–Crippen MR) is 133 cm³/mol. The summed E-state index contributed by atoms with van der Waals surface area (Å²) in [5.74, 6) is -0.203. The van der Waals surface area contributed by atoms with Gasteiger partial charge >= 0.3 is 0 Å². The zero-order chi connectivity index (χ0) is 24.1. The first-order valence-electron chi connectivity index (χ1n) is 11.2. The second kappa shape index (κ2) is 10.5. The van der Waals surface area contributed by atoms with E-state index >= 15 is 0 Å². The van der Waals surface area contributed by atoms with Crippen LogP contribution in [0, 0.1) is 0 Å². The molecule has 1 atom stereocenters. The van der Waals surface area contributed by atoms with Crippen LogP contribution in [0.3, 0.4) is 0 Å². The number of amides is 2. The van der Waals surface area contributed by atoms with Crippen LogP contribution in [0.15, 0.2) is 48.5 Å². The maximum absolute atomic E-state index is 13.2. The molecule has 0 heterocycles. The minimum Gasteiger partial charge on any atom is -0.350 e. The van der Waals surface area contributed by atoms with Gasteiger partial charge in [-0.3, -0.25) is 9.59 Å². The van der Waals surface area contributed by atoms with E-state index in [1.54, 1.807) is 24.0 Å². The van der Waals surface area contributed by atoms with Gasteiger partial charge < -0.3 is 10.2 Å². The number of hydrogen-bond acceptors (Lipinski definition) is 2. The molecule has 174 valence electrons. The molecule has 1 N–H and O–H groups in total. The molecule has 4 nitrogen and oxygen atoms in total. The predicted octanol–water partition coefficient (Wildman–Crippen LogP) is 5.90. The molecule has 0 aromatic heterocycles. The minimum atomic E-state index is -0.583. The van der Waals surface area contributed by atoms with Gasteiger partial charge in [0.25, 0.3) is 0 Å². The fourth-order valence-electron chi connectivity index (χ4n) is 3.41. The minimum absolute atomic E-state index is 0.0450. The Hall–Kier alpha value is -2.33. The number of aryl methyl sites for hydroxylation is 1. The van der Waals surface area contributed by atoms with E-state index in [4.69, 9.17) is 11.6 Å². The van der Waals surface area contributed by atoms with Gasteiger partial charge in [0.2, 0.25) is 11.8 Å². The molecule has 0 fully saturated rings. The molecular weight excluding hydrogens is 420 g/mol. The van der Waals surface area contributed by atoms with Crippen LogP contribution in [-0.2, 0) is 28.0 Å². The van der Waals surface area contributed by atoms with Crippen molar-refractivity contribution in [3.8, 4) is 0 Å². The Morgan fingerprint density at radius 3 is 1.94 bits per heavy atom. The van der Waals surface area contributed by atoms with E-state index in [0.29, 0.717) is 24.4 Å². The van der Waals surface area contributed by atoms with Crippen LogP contribution in [0.5, 0.6) is 0 Å². The topological polar surface area (TPSA) is 49.4 Å². The maximum Gasteiger partial charge on any atom is 0.242 e. The fourth-order valence-corrected chi connectivity index (χ4v) is 3.54. The van der Waals surface area contributed by atoms with Gasteiger partial charge in [-0.1, -0.05) is 68.8 Å². The Balaban J connectivity index is 2.15. The average molecular weight is 457 g/mol. The van der Waals surface area contributed by atoms with Crippen molar-refractivity contribution < 1.29 is 9.59 Å². The third-order valence-electron chi connectivity index (χ3n) is 5.38. The summed E-state index contributed by atoms with van der Waals surface area (Å²) in [6.45, 7) is 14.5. The van der Waals surface area contributed by atoms with Gasteiger partial charge in [-0.05, 0) is 68.4 Å². The molecule has 0 saturated heterocycles. The average Bonchev–Trinajstić information content (AvgIpc) is 2.69. The number of hydrogen-bond donors (Lipinski definition) is 1. The Labute approximate surface area is 198 Å². The van der Waals surface area contributed by atoms with Gasteiger partial charge in [0.05, 0.1) is 0 Å². The monoisotopic (exact) mass is 456 g/mol. The highest BCUT2D eigenvalue weighted by Gasteiger charge is 2.28. The summed E-state index contributed by atoms with van der Waals surface area (Å²) in [4.78, 5) is 27.7. The summed E-state index contributed by atoms with van der Waals surface area (Å²) in [6, 6.07) is 15.2. The van der Waals surface area contributed by atoms with Crippen LogP contribution < -0.4 is 5.32 Å². The first-order chi connectivity index (χ1) is 14.8. The number of nitrogens with one attached hydrogen (secondary N) is 1. The van der Waals surface area contributed by atoms with Gasteiger partial charge in [0.1, 0.15) is 6.04 Å². The summed E-state index contributed by atoms with van der Waals surface area (Å²) in [7, 11) is 0. The first kappa shape index (κ1) is 25.9. The van der Waals surface area contributed by atoms with Crippen molar-refractivity contribution >= 4 is 23.4 Å². The molecular formula is C27H37ClN2O2. The second-order valence-corrected chi connectivity index (χ2v) is 10.9. The van der Waals surface area contributed by atoms with Crippen molar-refractivity contribution in [2.45, 2.75) is 84.8 Å². The highest BCUT2D eigenvalue weighted by molar-refractivity contribution is 6.30. The Bertz CT molecular complexity index is 907. The number of rotatable bonds is 7. The maximum atomic E-state index is 13.2. The van der Waals surface area contributed by atoms with Gasteiger partial charge in [-0.25, -0.2) is 0 Å². The van der Waals surface area contributed by atoms with Crippen molar-refractivity contribution in [1.29, 1.82) is 0 Å². The van der Waals surface area contributed by atoms with Gasteiger partial charge in [-0.15, -0.1) is 0 Å². The normalized spacial score (nSPS) is 12.9. The first-order valence-corrected chi connectivity index (χ1v) is 11.6. The third-order valence-corrected chi connectivity index (χ3v) is 5.63. The fraction of sp³-hybridized carbons (Fsp3) is 0.481. The smallest absolute Gasteiger partial charge is 0.242 e. The lowest BCUT2D eigenvalue weighted by molar-refractivity contribution is -0.141. The van der Waals surface area contributed by atoms with Crippen LogP contribution in [0.25, 0.3) is 0 Å². The highest BCUT2D eigenvalue weighted by atomic mass is 35.5. The molecule has 2 aromatic carbocycles. The van der Waals surface area contributed by atoms with Crippen molar-refractivity contribution in [1.82, 2.24) is 10.2 Å². The lowest BCUT2D eigenvalue weighted by Gasteiger charge is -2.31. The van der Waals surface area contributed by atoms with Crippen molar-refractivity contribution in [3.05, 3.63) is 70.2 Å². The summed E-state index contributed by atoms with van der Waals surface area (Å²) in [6.07, 6.45) is 0.976.